The first-order valence-corrected chi connectivity index (χ1v) is 13.3. The number of nitrogens with zero attached hydrogens (tertiary/aromatic N) is 2. The first-order valence-electron chi connectivity index (χ1n) is 13.3. The number of hydrogen-bond donors (Lipinski definition) is 2. The molecule has 2 heterocycles. The van der Waals surface area contributed by atoms with Crippen molar-refractivity contribution in [3.63, 3.8) is 0 Å². The van der Waals surface area contributed by atoms with E-state index < -0.39 is 0 Å². The molecule has 0 aliphatic carbocycles. The topological polar surface area (TPSA) is 92.4 Å². The maximum atomic E-state index is 13.4. The average molecular weight is 531 g/mol. The Kier molecular flexibility index (Phi) is 7.76. The van der Waals surface area contributed by atoms with Crippen LogP contribution >= 0.6 is 0 Å². The van der Waals surface area contributed by atoms with Crippen molar-refractivity contribution in [1.82, 2.24) is 5.32 Å². The van der Waals surface area contributed by atoms with Crippen LogP contribution in [-0.2, 0) is 0 Å². The third-order valence-corrected chi connectivity index (χ3v) is 7.17. The van der Waals surface area contributed by atoms with Crippen LogP contribution in [0, 0.1) is 0 Å². The number of anilines is 3. The molecular weight excluding hydrogens is 496 g/mol. The van der Waals surface area contributed by atoms with Gasteiger partial charge in [-0.05, 0) is 61.9 Å². The second-order valence-corrected chi connectivity index (χ2v) is 9.68. The molecule has 3 aromatic rings. The van der Waals surface area contributed by atoms with Gasteiger partial charge >= 0.3 is 0 Å². The van der Waals surface area contributed by atoms with Gasteiger partial charge in [-0.2, -0.15) is 0 Å². The Balaban J connectivity index is 1.35. The highest BCUT2D eigenvalue weighted by Crippen LogP contribution is 2.33. The lowest BCUT2D eigenvalue weighted by Crippen LogP contribution is -2.47. The predicted octanol–water partition coefficient (Wildman–Crippen LogP) is 4.53. The Morgan fingerprint density at radius 2 is 1.62 bits per heavy atom. The number of rotatable bonds is 8. The number of amides is 2. The summed E-state index contributed by atoms with van der Waals surface area (Å²) in [7, 11) is 1.68. The molecule has 3 aromatic carbocycles. The lowest BCUT2D eigenvalue weighted by atomic mass is 10.1. The molecule has 9 nitrogen and oxygen atoms in total. The number of methoxy groups -OCH3 is 1. The molecule has 1 atom stereocenters. The van der Waals surface area contributed by atoms with E-state index in [0.717, 1.165) is 49.7 Å². The fourth-order valence-electron chi connectivity index (χ4n) is 4.80. The van der Waals surface area contributed by atoms with Gasteiger partial charge in [0, 0.05) is 49.2 Å². The smallest absolute Gasteiger partial charge is 0.255 e. The summed E-state index contributed by atoms with van der Waals surface area (Å²) in [5.41, 5.74) is 3.43. The van der Waals surface area contributed by atoms with Crippen LogP contribution in [0.2, 0.25) is 0 Å². The predicted molar refractivity (Wildman–Crippen MR) is 152 cm³/mol. The minimum absolute atomic E-state index is 0.0274. The number of fused-ring (bicyclic) bond motifs is 1. The maximum Gasteiger partial charge on any atom is 0.255 e. The monoisotopic (exact) mass is 530 g/mol. The number of carbonyl (C=O) groups is 2. The zero-order valence-corrected chi connectivity index (χ0v) is 22.5. The summed E-state index contributed by atoms with van der Waals surface area (Å²) in [5.74, 6) is 1.55. The number of hydrogen-bond acceptors (Lipinski definition) is 7. The minimum Gasteiger partial charge on any atom is -0.495 e. The summed E-state index contributed by atoms with van der Waals surface area (Å²) in [6.45, 7) is 7.21. The maximum absolute atomic E-state index is 13.4. The standard InChI is InChI=1S/C30H34N4O5/c1-4-20(2)31-30(36)23-18-22(32-29(35)21-9-12-27-28(17-21)39-19-38-27)10-11-24(23)33-13-15-34(16-14-33)25-7-5-6-8-26(25)37-3/h5-12,17-18,20H,4,13-16,19H2,1-3H3,(H,31,36)(H,32,35). The highest BCUT2D eigenvalue weighted by atomic mass is 16.7. The van der Waals surface area contributed by atoms with E-state index >= 15 is 0 Å². The van der Waals surface area contributed by atoms with E-state index in [0.29, 0.717) is 28.3 Å². The number of carbonyl (C=O) groups excluding carboxylic acids is 2. The molecular formula is C30H34N4O5. The number of piperazine rings is 1. The molecule has 0 saturated carbocycles. The molecule has 2 aliphatic heterocycles. The average Bonchev–Trinajstić information content (AvgIpc) is 3.45. The molecule has 1 unspecified atom stereocenters. The van der Waals surface area contributed by atoms with Crippen molar-refractivity contribution >= 4 is 28.9 Å². The van der Waals surface area contributed by atoms with Crippen LogP contribution < -0.4 is 34.6 Å². The van der Waals surface area contributed by atoms with E-state index in [-0.39, 0.29) is 24.6 Å². The van der Waals surface area contributed by atoms with Gasteiger partial charge in [-0.15, -0.1) is 0 Å². The summed E-state index contributed by atoms with van der Waals surface area (Å²) in [6.07, 6.45) is 0.819. The Morgan fingerprint density at radius 1 is 0.897 bits per heavy atom. The van der Waals surface area contributed by atoms with Crippen LogP contribution in [0.3, 0.4) is 0 Å². The third kappa shape index (κ3) is 5.72. The minimum atomic E-state index is -0.292. The second kappa shape index (κ2) is 11.6. The lowest BCUT2D eigenvalue weighted by Gasteiger charge is -2.38. The van der Waals surface area contributed by atoms with Crippen molar-refractivity contribution in [2.24, 2.45) is 0 Å². The van der Waals surface area contributed by atoms with Crippen molar-refractivity contribution < 1.29 is 23.8 Å². The van der Waals surface area contributed by atoms with E-state index in [1.807, 2.05) is 44.2 Å². The summed E-state index contributed by atoms with van der Waals surface area (Å²) in [6, 6.07) is 18.6. The van der Waals surface area contributed by atoms with Crippen LogP contribution in [0.4, 0.5) is 17.1 Å². The molecule has 2 aliphatic rings. The molecule has 2 N–H and O–H groups in total. The molecule has 2 amide bonds. The van der Waals surface area contributed by atoms with Crippen molar-refractivity contribution in [1.29, 1.82) is 0 Å². The fraction of sp³-hybridized carbons (Fsp3) is 0.333. The second-order valence-electron chi connectivity index (χ2n) is 9.68. The zero-order chi connectivity index (χ0) is 27.4. The number of para-hydroxylation sites is 2. The Morgan fingerprint density at radius 3 is 2.36 bits per heavy atom. The van der Waals surface area contributed by atoms with E-state index in [1.165, 1.54) is 0 Å². The molecule has 9 heteroatoms. The van der Waals surface area contributed by atoms with Gasteiger partial charge in [0.25, 0.3) is 11.8 Å². The Hall–Kier alpha value is -4.40. The largest absolute Gasteiger partial charge is 0.495 e. The Labute approximate surface area is 228 Å². The highest BCUT2D eigenvalue weighted by Gasteiger charge is 2.24. The zero-order valence-electron chi connectivity index (χ0n) is 22.5. The number of nitrogens with one attached hydrogen (secondary N) is 2. The molecule has 0 radical (unpaired) electrons. The summed E-state index contributed by atoms with van der Waals surface area (Å²) >= 11 is 0. The fourth-order valence-corrected chi connectivity index (χ4v) is 4.80. The summed E-state index contributed by atoms with van der Waals surface area (Å²) in [5, 5.41) is 6.01. The molecule has 5 rings (SSSR count). The van der Waals surface area contributed by atoms with Crippen LogP contribution in [-0.4, -0.2) is 57.9 Å². The lowest BCUT2D eigenvalue weighted by molar-refractivity contribution is 0.0938. The van der Waals surface area contributed by atoms with Gasteiger partial charge in [-0.3, -0.25) is 9.59 Å². The van der Waals surface area contributed by atoms with Gasteiger partial charge in [0.1, 0.15) is 5.75 Å². The van der Waals surface area contributed by atoms with Gasteiger partial charge in [0.05, 0.1) is 18.4 Å². The van der Waals surface area contributed by atoms with Gasteiger partial charge in [-0.1, -0.05) is 19.1 Å². The van der Waals surface area contributed by atoms with Crippen LogP contribution in [0.1, 0.15) is 41.0 Å². The quantitative estimate of drug-likeness (QED) is 0.442. The first-order chi connectivity index (χ1) is 19.0. The molecule has 204 valence electrons. The van der Waals surface area contributed by atoms with Gasteiger partial charge in [-0.25, -0.2) is 0 Å². The van der Waals surface area contributed by atoms with Crippen molar-refractivity contribution in [3.8, 4) is 17.2 Å². The normalized spacial score (nSPS) is 15.1. The van der Waals surface area contributed by atoms with Crippen LogP contribution in [0.25, 0.3) is 0 Å². The molecule has 0 bridgehead atoms. The van der Waals surface area contributed by atoms with Gasteiger partial charge in [0.2, 0.25) is 6.79 Å². The summed E-state index contributed by atoms with van der Waals surface area (Å²) in [4.78, 5) is 30.9. The van der Waals surface area contributed by atoms with E-state index in [9.17, 15) is 9.59 Å². The van der Waals surface area contributed by atoms with Crippen LogP contribution in [0.15, 0.2) is 60.7 Å². The molecule has 1 fully saturated rings. The first kappa shape index (κ1) is 26.2. The Bertz CT molecular complexity index is 1350. The van der Waals surface area contributed by atoms with Crippen molar-refractivity contribution in [3.05, 3.63) is 71.8 Å². The molecule has 0 spiro atoms. The van der Waals surface area contributed by atoms with Crippen molar-refractivity contribution in [2.45, 2.75) is 26.3 Å². The van der Waals surface area contributed by atoms with E-state index in [1.54, 1.807) is 31.4 Å². The van der Waals surface area contributed by atoms with E-state index in [2.05, 4.69) is 26.5 Å². The van der Waals surface area contributed by atoms with Gasteiger partial charge < -0.3 is 34.6 Å². The van der Waals surface area contributed by atoms with Gasteiger partial charge in [0.15, 0.2) is 11.5 Å². The molecule has 1 saturated heterocycles. The highest BCUT2D eigenvalue weighted by molar-refractivity contribution is 6.06. The molecule has 39 heavy (non-hydrogen) atoms. The van der Waals surface area contributed by atoms with Crippen molar-refractivity contribution in [2.75, 3.05) is 55.2 Å². The number of ether oxygens (including phenoxy) is 3. The summed E-state index contributed by atoms with van der Waals surface area (Å²) < 4.78 is 16.3. The van der Waals surface area contributed by atoms with Crippen LogP contribution in [0.5, 0.6) is 17.2 Å². The SMILES string of the molecule is CCC(C)NC(=O)c1cc(NC(=O)c2ccc3c(c2)OCO3)ccc1N1CCN(c2ccccc2OC)CC1. The van der Waals surface area contributed by atoms with E-state index in [4.69, 9.17) is 14.2 Å². The number of benzene rings is 3. The third-order valence-electron chi connectivity index (χ3n) is 7.17. The molecule has 0 aromatic heterocycles.